The number of aromatic nitrogens is 1. The van der Waals surface area contributed by atoms with Gasteiger partial charge in [-0.3, -0.25) is 14.7 Å². The Hall–Kier alpha value is -2.50. The number of benzene rings is 1. The second-order valence-electron chi connectivity index (χ2n) is 11.0. The number of aliphatic hydroxyl groups is 1. The van der Waals surface area contributed by atoms with Crippen LogP contribution in [-0.4, -0.2) is 54.9 Å². The third-order valence-corrected chi connectivity index (χ3v) is 8.94. The number of carbonyl (C=O) groups is 1. The Bertz CT molecular complexity index is 1230. The molecule has 0 radical (unpaired) electrons. The molecule has 1 aromatic carbocycles. The van der Waals surface area contributed by atoms with Gasteiger partial charge in [0.25, 0.3) is 5.91 Å². The highest BCUT2D eigenvalue weighted by molar-refractivity contribution is 7.91. The van der Waals surface area contributed by atoms with E-state index in [1.165, 1.54) is 18.6 Å². The van der Waals surface area contributed by atoms with Crippen LogP contribution in [0, 0.1) is 5.92 Å². The molecule has 11 heteroatoms. The molecule has 1 saturated carbocycles. The summed E-state index contributed by atoms with van der Waals surface area (Å²) in [5.41, 5.74) is 1.99. The van der Waals surface area contributed by atoms with Gasteiger partial charge in [-0.15, -0.1) is 0 Å². The molecule has 0 spiro atoms. The summed E-state index contributed by atoms with van der Waals surface area (Å²) in [4.78, 5) is 19.5. The van der Waals surface area contributed by atoms with Crippen molar-refractivity contribution in [1.82, 2.24) is 15.2 Å². The first kappa shape index (κ1) is 34.7. The summed E-state index contributed by atoms with van der Waals surface area (Å²) in [6, 6.07) is 8.07. The standard InChI is InChI=1S/C20H25N3O4S.C7H11F3.C3H8/c1-4-28(26,27)17-7-5-16(6-8-17)20(2,13-24)22-19(25)14-9-15-11-23(3)12-18(15)21-10-14;8-7(9,10)6-4-2-1-3-5-6;1-3-2/h5-10,24H,4,11-13H2,1-3H3,(H,22,25);6H,1-5H2;3H2,1-2H3. The van der Waals surface area contributed by atoms with Crippen LogP contribution in [0.2, 0.25) is 0 Å². The summed E-state index contributed by atoms with van der Waals surface area (Å²) >= 11 is 0. The second kappa shape index (κ2) is 15.1. The minimum atomic E-state index is -3.93. The van der Waals surface area contributed by atoms with Crippen molar-refractivity contribution in [1.29, 1.82) is 0 Å². The molecule has 1 amide bonds. The summed E-state index contributed by atoms with van der Waals surface area (Å²) in [5.74, 6) is -1.33. The van der Waals surface area contributed by atoms with Crippen LogP contribution in [0.25, 0.3) is 0 Å². The van der Waals surface area contributed by atoms with Crippen LogP contribution < -0.4 is 5.32 Å². The van der Waals surface area contributed by atoms with E-state index < -0.39 is 27.5 Å². The van der Waals surface area contributed by atoms with E-state index in [2.05, 4.69) is 29.0 Å². The molecule has 0 bridgehead atoms. The number of sulfone groups is 1. The van der Waals surface area contributed by atoms with E-state index in [0.717, 1.165) is 43.6 Å². The van der Waals surface area contributed by atoms with E-state index in [4.69, 9.17) is 0 Å². The first-order chi connectivity index (χ1) is 19.2. The zero-order valence-electron chi connectivity index (χ0n) is 24.7. The number of carbonyl (C=O) groups excluding carboxylic acids is 1. The van der Waals surface area contributed by atoms with Crippen molar-refractivity contribution in [2.45, 2.75) is 95.9 Å². The largest absolute Gasteiger partial charge is 0.394 e. The number of hydrogen-bond donors (Lipinski definition) is 2. The number of hydrogen-bond acceptors (Lipinski definition) is 6. The number of fused-ring (bicyclic) bond motifs is 1. The molecule has 7 nitrogen and oxygen atoms in total. The topological polar surface area (TPSA) is 99.6 Å². The van der Waals surface area contributed by atoms with Crippen LogP contribution >= 0.6 is 0 Å². The average molecular weight is 600 g/mol. The first-order valence-corrected chi connectivity index (χ1v) is 15.9. The maximum Gasteiger partial charge on any atom is 0.391 e. The lowest BCUT2D eigenvalue weighted by Gasteiger charge is -2.29. The Morgan fingerprint density at radius 1 is 1.07 bits per heavy atom. The lowest BCUT2D eigenvalue weighted by atomic mass is 9.89. The Balaban J connectivity index is 0.000000376. The van der Waals surface area contributed by atoms with Crippen molar-refractivity contribution >= 4 is 15.7 Å². The molecule has 230 valence electrons. The van der Waals surface area contributed by atoms with Gasteiger partial charge in [0.2, 0.25) is 0 Å². The van der Waals surface area contributed by atoms with Crippen LogP contribution in [-0.2, 0) is 28.5 Å². The van der Waals surface area contributed by atoms with Crippen LogP contribution in [0.3, 0.4) is 0 Å². The summed E-state index contributed by atoms with van der Waals surface area (Å²) in [5, 5.41) is 12.8. The Morgan fingerprint density at radius 2 is 1.66 bits per heavy atom. The number of nitrogens with zero attached hydrogens (tertiary/aromatic N) is 2. The van der Waals surface area contributed by atoms with Gasteiger partial charge in [-0.1, -0.05) is 58.6 Å². The van der Waals surface area contributed by atoms with Crippen molar-refractivity contribution in [3.05, 3.63) is 58.9 Å². The van der Waals surface area contributed by atoms with Crippen molar-refractivity contribution < 1.29 is 31.5 Å². The quantitative estimate of drug-likeness (QED) is 0.422. The van der Waals surface area contributed by atoms with Gasteiger partial charge >= 0.3 is 6.18 Å². The van der Waals surface area contributed by atoms with Gasteiger partial charge < -0.3 is 10.4 Å². The highest BCUT2D eigenvalue weighted by atomic mass is 32.2. The average Bonchev–Trinajstić information content (AvgIpc) is 3.33. The molecular formula is C30H44F3N3O4S. The van der Waals surface area contributed by atoms with Gasteiger partial charge in [0.1, 0.15) is 0 Å². The smallest absolute Gasteiger partial charge is 0.391 e. The molecule has 41 heavy (non-hydrogen) atoms. The predicted octanol–water partition coefficient (Wildman–Crippen LogP) is 6.00. The van der Waals surface area contributed by atoms with Gasteiger partial charge in [-0.25, -0.2) is 8.42 Å². The maximum absolute atomic E-state index is 12.8. The third-order valence-electron chi connectivity index (χ3n) is 7.19. The molecule has 2 aromatic rings. The van der Waals surface area contributed by atoms with Crippen molar-refractivity contribution in [2.24, 2.45) is 5.92 Å². The first-order valence-electron chi connectivity index (χ1n) is 14.2. The molecule has 1 aliphatic carbocycles. The molecule has 2 heterocycles. The number of alkyl halides is 3. The lowest BCUT2D eigenvalue weighted by molar-refractivity contribution is -0.181. The number of amides is 1. The van der Waals surface area contributed by atoms with Gasteiger partial charge in [-0.2, -0.15) is 13.2 Å². The van der Waals surface area contributed by atoms with Gasteiger partial charge in [-0.05, 0) is 56.1 Å². The highest BCUT2D eigenvalue weighted by Gasteiger charge is 2.39. The molecule has 0 saturated heterocycles. The molecular weight excluding hydrogens is 555 g/mol. The van der Waals surface area contributed by atoms with Crippen LogP contribution in [0.5, 0.6) is 0 Å². The number of rotatable bonds is 6. The van der Waals surface area contributed by atoms with Crippen LogP contribution in [0.1, 0.15) is 93.4 Å². The van der Waals surface area contributed by atoms with E-state index in [-0.39, 0.29) is 23.2 Å². The van der Waals surface area contributed by atoms with Crippen molar-refractivity contribution in [3.8, 4) is 0 Å². The molecule has 1 unspecified atom stereocenters. The molecule has 2 N–H and O–H groups in total. The van der Waals surface area contributed by atoms with Crippen molar-refractivity contribution in [3.63, 3.8) is 0 Å². The Labute approximate surface area is 242 Å². The minimum absolute atomic E-state index is 0.0147. The number of halogens is 3. The third kappa shape index (κ3) is 9.78. The van der Waals surface area contributed by atoms with E-state index in [9.17, 15) is 31.5 Å². The molecule has 1 fully saturated rings. The second-order valence-corrected chi connectivity index (χ2v) is 13.2. The summed E-state index contributed by atoms with van der Waals surface area (Å²) in [7, 11) is -1.31. The summed E-state index contributed by atoms with van der Waals surface area (Å²) in [6.07, 6.45) is 2.05. The van der Waals surface area contributed by atoms with Crippen LogP contribution in [0.4, 0.5) is 13.2 Å². The lowest BCUT2D eigenvalue weighted by Crippen LogP contribution is -2.46. The molecule has 1 atom stereocenters. The zero-order chi connectivity index (χ0) is 30.8. The Morgan fingerprint density at radius 3 is 2.15 bits per heavy atom. The zero-order valence-corrected chi connectivity index (χ0v) is 25.5. The number of pyridine rings is 1. The summed E-state index contributed by atoms with van der Waals surface area (Å²) in [6.45, 7) is 8.71. The number of aliphatic hydroxyl groups excluding tert-OH is 1. The molecule has 1 aromatic heterocycles. The molecule has 2 aliphatic rings. The number of nitrogens with one attached hydrogen (secondary N) is 1. The fourth-order valence-electron chi connectivity index (χ4n) is 4.70. The van der Waals surface area contributed by atoms with E-state index in [1.807, 2.05) is 13.1 Å². The Kier molecular flexibility index (Phi) is 12.8. The fraction of sp³-hybridized carbons (Fsp3) is 0.600. The van der Waals surface area contributed by atoms with Gasteiger partial charge in [0, 0.05) is 19.3 Å². The monoisotopic (exact) mass is 599 g/mol. The van der Waals surface area contributed by atoms with Gasteiger partial charge in [0.05, 0.1) is 40.0 Å². The molecule has 4 rings (SSSR count). The van der Waals surface area contributed by atoms with Gasteiger partial charge in [0.15, 0.2) is 9.84 Å². The fourth-order valence-corrected chi connectivity index (χ4v) is 5.58. The van der Waals surface area contributed by atoms with Crippen LogP contribution in [0.15, 0.2) is 41.4 Å². The predicted molar refractivity (Wildman–Crippen MR) is 154 cm³/mol. The minimum Gasteiger partial charge on any atom is -0.394 e. The van der Waals surface area contributed by atoms with Crippen molar-refractivity contribution in [2.75, 3.05) is 19.4 Å². The van der Waals surface area contributed by atoms with E-state index in [0.29, 0.717) is 24.0 Å². The normalized spacial score (nSPS) is 17.3. The van der Waals surface area contributed by atoms with E-state index in [1.54, 1.807) is 32.2 Å². The SMILES string of the molecule is CCC.CCS(=O)(=O)c1ccc(C(C)(CO)NC(=O)c2cnc3c(c2)CN(C)C3)cc1.FC(F)(F)C1CCCCC1. The summed E-state index contributed by atoms with van der Waals surface area (Å²) < 4.78 is 59.8. The molecule has 1 aliphatic heterocycles. The maximum atomic E-state index is 12.8. The van der Waals surface area contributed by atoms with E-state index >= 15 is 0 Å². The highest BCUT2D eigenvalue weighted by Crippen LogP contribution is 2.37.